The molecular weight excluding hydrogens is 286 g/mol. The number of furan rings is 1. The van der Waals surface area contributed by atoms with Gasteiger partial charge in [0.15, 0.2) is 11.4 Å². The molecule has 0 amide bonds. The van der Waals surface area contributed by atoms with Gasteiger partial charge in [-0.3, -0.25) is 0 Å². The Morgan fingerprint density at radius 1 is 1.36 bits per heavy atom. The van der Waals surface area contributed by atoms with Crippen molar-refractivity contribution >= 4 is 33.9 Å². The summed E-state index contributed by atoms with van der Waals surface area (Å²) < 4.78 is 5.75. The lowest BCUT2D eigenvalue weighted by atomic mass is 10.2. The van der Waals surface area contributed by atoms with Crippen LogP contribution in [0.2, 0.25) is 0 Å². The lowest BCUT2D eigenvalue weighted by molar-refractivity contribution is -0.138. The number of para-hydroxylation sites is 1. The number of rotatable bonds is 5. The van der Waals surface area contributed by atoms with Crippen LogP contribution in [0.25, 0.3) is 22.1 Å². The van der Waals surface area contributed by atoms with Gasteiger partial charge in [-0.25, -0.2) is 14.8 Å². The molecule has 1 unspecified atom stereocenters. The van der Waals surface area contributed by atoms with E-state index in [1.54, 1.807) is 0 Å². The van der Waals surface area contributed by atoms with E-state index in [-0.39, 0.29) is 5.82 Å². The van der Waals surface area contributed by atoms with E-state index in [9.17, 15) is 9.90 Å². The average Bonchev–Trinajstić information content (AvgIpc) is 2.90. The van der Waals surface area contributed by atoms with Gasteiger partial charge in [-0.05, 0) is 12.1 Å². The first kappa shape index (κ1) is 14.3. The SMILES string of the molecule is CCc1nc(NC(CO)C(=O)O)c2oc3ccccc3c2n1. The fraction of sp³-hybridized carbons (Fsp3) is 0.267. The highest BCUT2D eigenvalue weighted by Gasteiger charge is 2.21. The number of aliphatic hydroxyl groups excluding tert-OH is 1. The normalized spacial score (nSPS) is 12.6. The highest BCUT2D eigenvalue weighted by molar-refractivity contribution is 6.05. The van der Waals surface area contributed by atoms with E-state index in [0.29, 0.717) is 28.9 Å². The van der Waals surface area contributed by atoms with Crippen LogP contribution in [0, 0.1) is 0 Å². The number of aryl methyl sites for hydroxylation is 1. The maximum Gasteiger partial charge on any atom is 0.328 e. The van der Waals surface area contributed by atoms with Crippen LogP contribution in [0.1, 0.15) is 12.7 Å². The van der Waals surface area contributed by atoms with Crippen LogP contribution in [-0.2, 0) is 11.2 Å². The Bertz CT molecular complexity index is 843. The first-order valence-electron chi connectivity index (χ1n) is 6.92. The largest absolute Gasteiger partial charge is 0.480 e. The van der Waals surface area contributed by atoms with Crippen molar-refractivity contribution in [3.63, 3.8) is 0 Å². The Kier molecular flexibility index (Phi) is 3.64. The molecule has 7 heteroatoms. The second-order valence-corrected chi connectivity index (χ2v) is 4.84. The average molecular weight is 301 g/mol. The Labute approximate surface area is 125 Å². The number of aliphatic hydroxyl groups is 1. The summed E-state index contributed by atoms with van der Waals surface area (Å²) in [6.07, 6.45) is 0.598. The molecule has 7 nitrogen and oxygen atoms in total. The molecule has 1 aromatic carbocycles. The van der Waals surface area contributed by atoms with Crippen molar-refractivity contribution in [2.24, 2.45) is 0 Å². The zero-order chi connectivity index (χ0) is 15.7. The summed E-state index contributed by atoms with van der Waals surface area (Å²) >= 11 is 0. The van der Waals surface area contributed by atoms with E-state index in [1.807, 2.05) is 31.2 Å². The summed E-state index contributed by atoms with van der Waals surface area (Å²) in [4.78, 5) is 19.9. The van der Waals surface area contributed by atoms with E-state index in [4.69, 9.17) is 9.52 Å². The summed E-state index contributed by atoms with van der Waals surface area (Å²) in [6, 6.07) is 6.27. The highest BCUT2D eigenvalue weighted by atomic mass is 16.4. The quantitative estimate of drug-likeness (QED) is 0.659. The topological polar surface area (TPSA) is 108 Å². The zero-order valence-corrected chi connectivity index (χ0v) is 11.9. The maximum absolute atomic E-state index is 11.1. The van der Waals surface area contributed by atoms with Crippen LogP contribution in [0.5, 0.6) is 0 Å². The molecule has 0 saturated carbocycles. The third-order valence-corrected chi connectivity index (χ3v) is 3.37. The van der Waals surface area contributed by atoms with Crippen molar-refractivity contribution in [3.05, 3.63) is 30.1 Å². The van der Waals surface area contributed by atoms with E-state index < -0.39 is 18.6 Å². The molecule has 0 aliphatic heterocycles. The third-order valence-electron chi connectivity index (χ3n) is 3.37. The number of carboxylic acids is 1. The van der Waals surface area contributed by atoms with Crippen molar-refractivity contribution < 1.29 is 19.4 Å². The van der Waals surface area contributed by atoms with Crippen LogP contribution in [0.4, 0.5) is 5.82 Å². The van der Waals surface area contributed by atoms with Gasteiger partial charge in [0.05, 0.1) is 6.61 Å². The van der Waals surface area contributed by atoms with Crippen molar-refractivity contribution in [2.45, 2.75) is 19.4 Å². The van der Waals surface area contributed by atoms with E-state index in [2.05, 4.69) is 15.3 Å². The van der Waals surface area contributed by atoms with E-state index >= 15 is 0 Å². The third kappa shape index (κ3) is 2.35. The van der Waals surface area contributed by atoms with Gasteiger partial charge in [-0.2, -0.15) is 0 Å². The van der Waals surface area contributed by atoms with Gasteiger partial charge >= 0.3 is 5.97 Å². The predicted molar refractivity (Wildman–Crippen MR) is 80.8 cm³/mol. The van der Waals surface area contributed by atoms with Gasteiger partial charge in [0, 0.05) is 11.8 Å². The van der Waals surface area contributed by atoms with Crippen LogP contribution >= 0.6 is 0 Å². The molecule has 0 fully saturated rings. The first-order valence-corrected chi connectivity index (χ1v) is 6.92. The second-order valence-electron chi connectivity index (χ2n) is 4.84. The van der Waals surface area contributed by atoms with Gasteiger partial charge in [-0.1, -0.05) is 19.1 Å². The van der Waals surface area contributed by atoms with Crippen LogP contribution < -0.4 is 5.32 Å². The lowest BCUT2D eigenvalue weighted by Gasteiger charge is -2.12. The molecule has 2 aromatic heterocycles. The lowest BCUT2D eigenvalue weighted by Crippen LogP contribution is -2.33. The molecule has 0 aliphatic carbocycles. The van der Waals surface area contributed by atoms with Gasteiger partial charge in [-0.15, -0.1) is 0 Å². The number of hydrogen-bond donors (Lipinski definition) is 3. The van der Waals surface area contributed by atoms with Crippen LogP contribution in [0.15, 0.2) is 28.7 Å². The Morgan fingerprint density at radius 3 is 2.82 bits per heavy atom. The number of aromatic nitrogens is 2. The first-order chi connectivity index (χ1) is 10.6. The molecular formula is C15H15N3O4. The molecule has 3 rings (SSSR count). The summed E-state index contributed by atoms with van der Waals surface area (Å²) in [5.41, 5.74) is 1.67. The van der Waals surface area contributed by atoms with Crippen molar-refractivity contribution in [1.29, 1.82) is 0 Å². The number of benzene rings is 1. The minimum absolute atomic E-state index is 0.277. The highest BCUT2D eigenvalue weighted by Crippen LogP contribution is 2.31. The number of nitrogens with one attached hydrogen (secondary N) is 1. The number of aliphatic carboxylic acids is 1. The summed E-state index contributed by atoms with van der Waals surface area (Å²) in [5, 5.41) is 21.8. The van der Waals surface area contributed by atoms with Crippen molar-refractivity contribution in [2.75, 3.05) is 11.9 Å². The molecule has 0 aliphatic rings. The Balaban J connectivity index is 2.21. The molecule has 3 N–H and O–H groups in total. The van der Waals surface area contributed by atoms with Gasteiger partial charge in [0.1, 0.15) is 23.0 Å². The van der Waals surface area contributed by atoms with Gasteiger partial charge in [0.25, 0.3) is 0 Å². The molecule has 0 spiro atoms. The molecule has 3 aromatic rings. The minimum Gasteiger partial charge on any atom is -0.480 e. The number of fused-ring (bicyclic) bond motifs is 3. The standard InChI is InChI=1S/C15H15N3O4/c1-2-11-17-12-8-5-3-4-6-10(8)22-13(12)14(18-11)16-9(7-19)15(20)21/h3-6,9,19H,2,7H2,1H3,(H,20,21)(H,16,17,18). The monoisotopic (exact) mass is 301 g/mol. The molecule has 2 heterocycles. The molecule has 22 heavy (non-hydrogen) atoms. The van der Waals surface area contributed by atoms with E-state index in [0.717, 1.165) is 5.39 Å². The molecule has 0 saturated heterocycles. The number of anilines is 1. The maximum atomic E-state index is 11.1. The Hall–Kier alpha value is -2.67. The number of carboxylic acid groups (broad SMARTS) is 1. The summed E-state index contributed by atoms with van der Waals surface area (Å²) in [6.45, 7) is 1.36. The molecule has 0 radical (unpaired) electrons. The summed E-state index contributed by atoms with van der Waals surface area (Å²) in [5.74, 6) is -0.313. The zero-order valence-electron chi connectivity index (χ0n) is 11.9. The predicted octanol–water partition coefficient (Wildman–Crippen LogP) is 1.80. The second kappa shape index (κ2) is 5.61. The fourth-order valence-electron chi connectivity index (χ4n) is 2.24. The summed E-state index contributed by atoms with van der Waals surface area (Å²) in [7, 11) is 0. The molecule has 114 valence electrons. The number of nitrogens with zero attached hydrogens (tertiary/aromatic N) is 2. The number of carbonyl (C=O) groups is 1. The minimum atomic E-state index is -1.16. The Morgan fingerprint density at radius 2 is 2.14 bits per heavy atom. The van der Waals surface area contributed by atoms with Crippen LogP contribution in [0.3, 0.4) is 0 Å². The van der Waals surface area contributed by atoms with Gasteiger partial charge in [0.2, 0.25) is 0 Å². The number of hydrogen-bond acceptors (Lipinski definition) is 6. The molecule has 1 atom stereocenters. The van der Waals surface area contributed by atoms with Crippen molar-refractivity contribution in [3.8, 4) is 0 Å². The van der Waals surface area contributed by atoms with E-state index in [1.165, 1.54) is 0 Å². The van der Waals surface area contributed by atoms with Gasteiger partial charge < -0.3 is 19.9 Å². The van der Waals surface area contributed by atoms with Crippen molar-refractivity contribution in [1.82, 2.24) is 9.97 Å². The fourth-order valence-corrected chi connectivity index (χ4v) is 2.24. The smallest absolute Gasteiger partial charge is 0.328 e. The molecule has 0 bridgehead atoms. The van der Waals surface area contributed by atoms with Crippen LogP contribution in [-0.4, -0.2) is 38.8 Å².